The molecular weight excluding hydrogens is 342 g/mol. The lowest BCUT2D eigenvalue weighted by atomic mass is 10.2. The molecule has 2 amide bonds. The summed E-state index contributed by atoms with van der Waals surface area (Å²) in [5.74, 6) is 1.39. The van der Waals surface area contributed by atoms with Gasteiger partial charge in [-0.1, -0.05) is 0 Å². The highest BCUT2D eigenvalue weighted by Gasteiger charge is 2.27. The van der Waals surface area contributed by atoms with Crippen LogP contribution in [0, 0.1) is 0 Å². The molecule has 2 aliphatic rings. The number of rotatable bonds is 4. The number of anilines is 1. The van der Waals surface area contributed by atoms with E-state index in [1.54, 1.807) is 12.4 Å². The van der Waals surface area contributed by atoms with E-state index in [0.717, 1.165) is 45.0 Å². The van der Waals surface area contributed by atoms with Crippen LogP contribution in [0.3, 0.4) is 0 Å². The van der Waals surface area contributed by atoms with E-state index < -0.39 is 0 Å². The van der Waals surface area contributed by atoms with Gasteiger partial charge in [-0.15, -0.1) is 0 Å². The molecule has 2 aliphatic heterocycles. The van der Waals surface area contributed by atoms with Crippen molar-refractivity contribution in [1.82, 2.24) is 20.1 Å². The highest BCUT2D eigenvalue weighted by Crippen LogP contribution is 2.22. The molecule has 0 saturated carbocycles. The first kappa shape index (κ1) is 17.8. The number of hydrogen-bond donors (Lipinski definition) is 2. The van der Waals surface area contributed by atoms with Crippen LogP contribution in [0.2, 0.25) is 0 Å². The van der Waals surface area contributed by atoms with Gasteiger partial charge in [0.2, 0.25) is 0 Å². The van der Waals surface area contributed by atoms with Crippen LogP contribution in [0.5, 0.6) is 11.5 Å². The lowest BCUT2D eigenvalue weighted by Crippen LogP contribution is -2.53. The SMILES string of the molecule is O=C(Nc1ccc(Oc2cccnc2)cc1)N1CCN(C2CCNC2)CC1. The number of aromatic nitrogens is 1. The number of ether oxygens (including phenoxy) is 1. The molecule has 0 aliphatic carbocycles. The number of benzene rings is 1. The van der Waals surface area contributed by atoms with Crippen molar-refractivity contribution in [3.63, 3.8) is 0 Å². The zero-order chi connectivity index (χ0) is 18.5. The lowest BCUT2D eigenvalue weighted by molar-refractivity contribution is 0.119. The molecule has 1 unspecified atom stereocenters. The van der Waals surface area contributed by atoms with Crippen LogP contribution in [0.4, 0.5) is 10.5 Å². The van der Waals surface area contributed by atoms with Gasteiger partial charge in [-0.3, -0.25) is 9.88 Å². The summed E-state index contributed by atoms with van der Waals surface area (Å²) in [5.41, 5.74) is 0.765. The quantitative estimate of drug-likeness (QED) is 0.868. The molecule has 142 valence electrons. The summed E-state index contributed by atoms with van der Waals surface area (Å²) in [5, 5.41) is 6.38. The van der Waals surface area contributed by atoms with Crippen molar-refractivity contribution in [2.24, 2.45) is 0 Å². The molecule has 1 atom stereocenters. The van der Waals surface area contributed by atoms with E-state index in [-0.39, 0.29) is 6.03 Å². The maximum Gasteiger partial charge on any atom is 0.321 e. The molecule has 2 N–H and O–H groups in total. The number of carbonyl (C=O) groups is 1. The Kier molecular flexibility index (Phi) is 5.50. The summed E-state index contributed by atoms with van der Waals surface area (Å²) < 4.78 is 5.72. The minimum absolute atomic E-state index is 0.0416. The fraction of sp³-hybridized carbons (Fsp3) is 0.400. The minimum atomic E-state index is -0.0416. The van der Waals surface area contributed by atoms with Gasteiger partial charge >= 0.3 is 6.03 Å². The second-order valence-corrected chi connectivity index (χ2v) is 6.91. The Hall–Kier alpha value is -2.64. The average molecular weight is 367 g/mol. The number of carbonyl (C=O) groups excluding carboxylic acids is 1. The van der Waals surface area contributed by atoms with Gasteiger partial charge in [-0.25, -0.2) is 4.79 Å². The van der Waals surface area contributed by atoms with Crippen molar-refractivity contribution in [3.05, 3.63) is 48.8 Å². The van der Waals surface area contributed by atoms with Crippen molar-refractivity contribution in [1.29, 1.82) is 0 Å². The number of nitrogens with zero attached hydrogens (tertiary/aromatic N) is 3. The van der Waals surface area contributed by atoms with Gasteiger partial charge in [0, 0.05) is 50.6 Å². The molecule has 2 aromatic rings. The van der Waals surface area contributed by atoms with Gasteiger partial charge in [-0.05, 0) is 49.4 Å². The zero-order valence-electron chi connectivity index (χ0n) is 15.3. The Morgan fingerprint density at radius 3 is 2.59 bits per heavy atom. The van der Waals surface area contributed by atoms with E-state index in [4.69, 9.17) is 4.74 Å². The molecule has 1 aromatic heterocycles. The molecule has 1 aromatic carbocycles. The molecule has 3 heterocycles. The largest absolute Gasteiger partial charge is 0.456 e. The van der Waals surface area contributed by atoms with Crippen molar-refractivity contribution in [3.8, 4) is 11.5 Å². The van der Waals surface area contributed by atoms with E-state index in [2.05, 4.69) is 20.5 Å². The predicted octanol–water partition coefficient (Wildman–Crippen LogP) is 2.39. The Morgan fingerprint density at radius 1 is 1.11 bits per heavy atom. The number of nitrogens with one attached hydrogen (secondary N) is 2. The summed E-state index contributed by atoms with van der Waals surface area (Å²) in [6, 6.07) is 11.6. The van der Waals surface area contributed by atoms with Crippen molar-refractivity contribution in [2.45, 2.75) is 12.5 Å². The highest BCUT2D eigenvalue weighted by atomic mass is 16.5. The van der Waals surface area contributed by atoms with Gasteiger partial charge in [0.25, 0.3) is 0 Å². The maximum atomic E-state index is 12.5. The number of hydrogen-bond acceptors (Lipinski definition) is 5. The number of pyridine rings is 1. The van der Waals surface area contributed by atoms with E-state index in [1.807, 2.05) is 41.3 Å². The first-order valence-electron chi connectivity index (χ1n) is 9.46. The smallest absolute Gasteiger partial charge is 0.321 e. The molecular formula is C20H25N5O2. The van der Waals surface area contributed by atoms with Gasteiger partial charge < -0.3 is 20.3 Å². The normalized spacial score (nSPS) is 20.4. The number of urea groups is 1. The molecule has 27 heavy (non-hydrogen) atoms. The van der Waals surface area contributed by atoms with Crippen LogP contribution in [-0.2, 0) is 0 Å². The first-order valence-corrected chi connectivity index (χ1v) is 9.46. The third-order valence-corrected chi connectivity index (χ3v) is 5.13. The standard InChI is InChI=1S/C20H25N5O2/c26-20(25-12-10-24(11-13-25)17-7-9-22-14-17)23-16-3-5-18(6-4-16)27-19-2-1-8-21-15-19/h1-6,8,15,17,22H,7,9-14H2,(H,23,26). The fourth-order valence-electron chi connectivity index (χ4n) is 3.59. The van der Waals surface area contributed by atoms with Crippen LogP contribution in [0.15, 0.2) is 48.8 Å². The maximum absolute atomic E-state index is 12.5. The summed E-state index contributed by atoms with van der Waals surface area (Å²) in [6.07, 6.45) is 4.58. The molecule has 0 radical (unpaired) electrons. The third kappa shape index (κ3) is 4.56. The molecule has 2 saturated heterocycles. The van der Waals surface area contributed by atoms with Gasteiger partial charge in [0.1, 0.15) is 11.5 Å². The van der Waals surface area contributed by atoms with Crippen LogP contribution >= 0.6 is 0 Å². The Labute approximate surface area is 159 Å². The van der Waals surface area contributed by atoms with Gasteiger partial charge in [0.15, 0.2) is 0 Å². The highest BCUT2D eigenvalue weighted by molar-refractivity contribution is 5.89. The summed E-state index contributed by atoms with van der Waals surface area (Å²) in [4.78, 5) is 20.9. The van der Waals surface area contributed by atoms with Crippen molar-refractivity contribution in [2.75, 3.05) is 44.6 Å². The second kappa shape index (κ2) is 8.37. The molecule has 7 heteroatoms. The molecule has 7 nitrogen and oxygen atoms in total. The Morgan fingerprint density at radius 2 is 1.93 bits per heavy atom. The third-order valence-electron chi connectivity index (χ3n) is 5.13. The molecule has 0 bridgehead atoms. The number of piperazine rings is 1. The summed E-state index contributed by atoms with van der Waals surface area (Å²) >= 11 is 0. The van der Waals surface area contributed by atoms with Crippen LogP contribution in [-0.4, -0.2) is 66.1 Å². The Bertz CT molecular complexity index is 739. The van der Waals surface area contributed by atoms with Crippen molar-refractivity contribution < 1.29 is 9.53 Å². The Balaban J connectivity index is 1.27. The minimum Gasteiger partial charge on any atom is -0.456 e. The second-order valence-electron chi connectivity index (χ2n) is 6.91. The van der Waals surface area contributed by atoms with Crippen LogP contribution in [0.1, 0.15) is 6.42 Å². The summed E-state index contributed by atoms with van der Waals surface area (Å²) in [7, 11) is 0. The van der Waals surface area contributed by atoms with Crippen LogP contribution < -0.4 is 15.4 Å². The van der Waals surface area contributed by atoms with E-state index in [9.17, 15) is 4.79 Å². The predicted molar refractivity (Wildman–Crippen MR) is 104 cm³/mol. The van der Waals surface area contributed by atoms with Crippen LogP contribution in [0.25, 0.3) is 0 Å². The topological polar surface area (TPSA) is 69.7 Å². The lowest BCUT2D eigenvalue weighted by Gasteiger charge is -2.37. The molecule has 2 fully saturated rings. The average Bonchev–Trinajstić information content (AvgIpc) is 3.25. The molecule has 0 spiro atoms. The molecule has 4 rings (SSSR count). The first-order chi connectivity index (χ1) is 13.3. The monoisotopic (exact) mass is 367 g/mol. The van der Waals surface area contributed by atoms with Crippen molar-refractivity contribution >= 4 is 11.7 Å². The zero-order valence-corrected chi connectivity index (χ0v) is 15.3. The summed E-state index contributed by atoms with van der Waals surface area (Å²) in [6.45, 7) is 5.59. The fourth-order valence-corrected chi connectivity index (χ4v) is 3.59. The van der Waals surface area contributed by atoms with E-state index in [1.165, 1.54) is 6.42 Å². The van der Waals surface area contributed by atoms with Gasteiger partial charge in [0.05, 0.1) is 6.20 Å². The van der Waals surface area contributed by atoms with E-state index >= 15 is 0 Å². The number of amides is 2. The van der Waals surface area contributed by atoms with Gasteiger partial charge in [-0.2, -0.15) is 0 Å². The van der Waals surface area contributed by atoms with E-state index in [0.29, 0.717) is 17.5 Å².